The average Bonchev–Trinajstić information content (AvgIpc) is 2.62. The third kappa shape index (κ3) is 1.67. The van der Waals surface area contributed by atoms with Crippen molar-refractivity contribution < 1.29 is 4.39 Å². The number of nitrogens with zero attached hydrogens (tertiary/aromatic N) is 2. The van der Waals surface area contributed by atoms with Gasteiger partial charge in [0.2, 0.25) is 5.95 Å². The number of aromatic nitrogens is 1. The van der Waals surface area contributed by atoms with Crippen LogP contribution in [0.2, 0.25) is 0 Å². The largest absolute Gasteiger partial charge is 0.367 e. The van der Waals surface area contributed by atoms with Gasteiger partial charge in [0.1, 0.15) is 0 Å². The van der Waals surface area contributed by atoms with Gasteiger partial charge >= 0.3 is 0 Å². The second kappa shape index (κ2) is 3.70. The minimum Gasteiger partial charge on any atom is -0.367 e. The Morgan fingerprint density at radius 3 is 2.69 bits per heavy atom. The van der Waals surface area contributed by atoms with E-state index in [2.05, 4.69) is 15.2 Å². The zero-order chi connectivity index (χ0) is 11.1. The molecule has 2 atom stereocenters. The van der Waals surface area contributed by atoms with Crippen LogP contribution in [0.15, 0.2) is 12.3 Å². The van der Waals surface area contributed by atoms with Gasteiger partial charge in [0.25, 0.3) is 0 Å². The van der Waals surface area contributed by atoms with Crippen molar-refractivity contribution in [2.24, 2.45) is 0 Å². The van der Waals surface area contributed by atoms with E-state index in [4.69, 9.17) is 0 Å². The van der Waals surface area contributed by atoms with Crippen LogP contribution < -0.4 is 10.2 Å². The lowest BCUT2D eigenvalue weighted by Gasteiger charge is -2.34. The Bertz CT molecular complexity index is 395. The Hall–Kier alpha value is -1.16. The average molecular weight is 221 g/mol. The number of pyridine rings is 1. The van der Waals surface area contributed by atoms with Crippen LogP contribution in [0.1, 0.15) is 18.4 Å². The number of halogens is 1. The molecule has 1 aromatic heterocycles. The summed E-state index contributed by atoms with van der Waals surface area (Å²) in [6, 6.07) is 3.10. The maximum atomic E-state index is 13.1. The summed E-state index contributed by atoms with van der Waals surface area (Å²) >= 11 is 0. The van der Waals surface area contributed by atoms with Crippen LogP contribution in [0.25, 0.3) is 0 Å². The molecule has 3 rings (SSSR count). The van der Waals surface area contributed by atoms with E-state index in [9.17, 15) is 4.39 Å². The molecular formula is C12H16FN3. The molecule has 0 spiro atoms. The zero-order valence-corrected chi connectivity index (χ0v) is 9.41. The maximum Gasteiger partial charge on any atom is 0.215 e. The number of aryl methyl sites for hydroxylation is 1. The van der Waals surface area contributed by atoms with E-state index < -0.39 is 0 Å². The molecule has 0 saturated carbocycles. The molecule has 0 aliphatic carbocycles. The van der Waals surface area contributed by atoms with Gasteiger partial charge < -0.3 is 10.2 Å². The highest BCUT2D eigenvalue weighted by Crippen LogP contribution is 2.25. The monoisotopic (exact) mass is 221 g/mol. The molecule has 2 aliphatic rings. The fourth-order valence-corrected chi connectivity index (χ4v) is 2.72. The Morgan fingerprint density at radius 1 is 1.38 bits per heavy atom. The molecule has 2 unspecified atom stereocenters. The molecule has 3 heterocycles. The summed E-state index contributed by atoms with van der Waals surface area (Å²) in [5.74, 6) is -0.359. The number of hydrogen-bond donors (Lipinski definition) is 1. The third-order valence-electron chi connectivity index (χ3n) is 3.58. The molecule has 16 heavy (non-hydrogen) atoms. The van der Waals surface area contributed by atoms with Crippen LogP contribution in [0, 0.1) is 12.9 Å². The molecule has 86 valence electrons. The molecule has 0 amide bonds. The van der Waals surface area contributed by atoms with Crippen LogP contribution in [-0.4, -0.2) is 30.2 Å². The van der Waals surface area contributed by atoms with Crippen molar-refractivity contribution in [3.63, 3.8) is 0 Å². The van der Waals surface area contributed by atoms with Gasteiger partial charge in [0.05, 0.1) is 11.9 Å². The molecule has 2 aliphatic heterocycles. The van der Waals surface area contributed by atoms with Crippen LogP contribution in [0.4, 0.5) is 10.1 Å². The van der Waals surface area contributed by atoms with Gasteiger partial charge in [-0.15, -0.1) is 0 Å². The number of rotatable bonds is 1. The number of anilines is 1. The molecule has 4 heteroatoms. The first-order valence-corrected chi connectivity index (χ1v) is 5.85. The van der Waals surface area contributed by atoms with Crippen LogP contribution in [-0.2, 0) is 0 Å². The highest BCUT2D eigenvalue weighted by molar-refractivity contribution is 5.47. The Kier molecular flexibility index (Phi) is 2.32. The lowest BCUT2D eigenvalue weighted by Crippen LogP contribution is -2.51. The van der Waals surface area contributed by atoms with Gasteiger partial charge in [-0.3, -0.25) is 0 Å². The van der Waals surface area contributed by atoms with Gasteiger partial charge in [-0.05, 0) is 25.8 Å². The van der Waals surface area contributed by atoms with Gasteiger partial charge in [-0.2, -0.15) is 4.39 Å². The number of hydrogen-bond acceptors (Lipinski definition) is 3. The lowest BCUT2D eigenvalue weighted by molar-refractivity contribution is 0.465. The van der Waals surface area contributed by atoms with Gasteiger partial charge in [-0.1, -0.05) is 0 Å². The quantitative estimate of drug-likeness (QED) is 0.728. The Morgan fingerprint density at radius 2 is 2.06 bits per heavy atom. The molecule has 2 fully saturated rings. The lowest BCUT2D eigenvalue weighted by atomic mass is 10.2. The van der Waals surface area contributed by atoms with Crippen molar-refractivity contribution >= 4 is 5.69 Å². The van der Waals surface area contributed by atoms with Crippen LogP contribution in [0.3, 0.4) is 0 Å². The first-order chi connectivity index (χ1) is 7.72. The zero-order valence-electron chi connectivity index (χ0n) is 9.41. The summed E-state index contributed by atoms with van der Waals surface area (Å²) in [6.45, 7) is 3.80. The Balaban J connectivity index is 1.84. The van der Waals surface area contributed by atoms with E-state index in [0.29, 0.717) is 17.6 Å². The highest BCUT2D eigenvalue weighted by atomic mass is 19.1. The topological polar surface area (TPSA) is 28.2 Å². The Labute approximate surface area is 94.7 Å². The number of fused-ring (bicyclic) bond motifs is 2. The molecular weight excluding hydrogens is 205 g/mol. The SMILES string of the molecule is Cc1cc(N2CC3CCC(C2)N3)cnc1F. The fraction of sp³-hybridized carbons (Fsp3) is 0.583. The summed E-state index contributed by atoms with van der Waals surface area (Å²) < 4.78 is 13.1. The summed E-state index contributed by atoms with van der Waals surface area (Å²) in [4.78, 5) is 6.11. The fourth-order valence-electron chi connectivity index (χ4n) is 2.72. The first kappa shape index (κ1) is 10.0. The maximum absolute atomic E-state index is 13.1. The summed E-state index contributed by atoms with van der Waals surface area (Å²) in [6.07, 6.45) is 4.16. The van der Waals surface area contributed by atoms with Gasteiger partial charge in [-0.25, -0.2) is 4.98 Å². The summed E-state index contributed by atoms with van der Waals surface area (Å²) in [5.41, 5.74) is 1.68. The van der Waals surface area contributed by atoms with Crippen molar-refractivity contribution in [2.75, 3.05) is 18.0 Å². The molecule has 1 N–H and O–H groups in total. The van der Waals surface area contributed by atoms with Crippen molar-refractivity contribution in [1.82, 2.24) is 10.3 Å². The van der Waals surface area contributed by atoms with Crippen LogP contribution in [0.5, 0.6) is 0 Å². The summed E-state index contributed by atoms with van der Waals surface area (Å²) in [7, 11) is 0. The molecule has 2 bridgehead atoms. The minimum atomic E-state index is -0.359. The predicted octanol–water partition coefficient (Wildman–Crippen LogP) is 1.47. The number of nitrogens with one attached hydrogen (secondary N) is 1. The predicted molar refractivity (Wildman–Crippen MR) is 61.1 cm³/mol. The molecule has 1 aromatic rings. The second-order valence-corrected chi connectivity index (χ2v) is 4.84. The van der Waals surface area contributed by atoms with E-state index in [1.54, 1.807) is 13.1 Å². The normalized spacial score (nSPS) is 28.5. The molecule has 0 aromatic carbocycles. The summed E-state index contributed by atoms with van der Waals surface area (Å²) in [5, 5.41) is 3.58. The van der Waals surface area contributed by atoms with Gasteiger partial charge in [0, 0.05) is 30.7 Å². The van der Waals surface area contributed by atoms with Crippen LogP contribution >= 0.6 is 0 Å². The van der Waals surface area contributed by atoms with E-state index in [-0.39, 0.29) is 5.95 Å². The number of piperazine rings is 1. The van der Waals surface area contributed by atoms with Crippen molar-refractivity contribution in [3.8, 4) is 0 Å². The van der Waals surface area contributed by atoms with Gasteiger partial charge in [0.15, 0.2) is 0 Å². The first-order valence-electron chi connectivity index (χ1n) is 5.85. The van der Waals surface area contributed by atoms with Crippen molar-refractivity contribution in [2.45, 2.75) is 31.8 Å². The third-order valence-corrected chi connectivity index (χ3v) is 3.58. The highest BCUT2D eigenvalue weighted by Gasteiger charge is 2.32. The smallest absolute Gasteiger partial charge is 0.215 e. The van der Waals surface area contributed by atoms with E-state index in [1.165, 1.54) is 12.8 Å². The molecule has 0 radical (unpaired) electrons. The molecule has 3 nitrogen and oxygen atoms in total. The van der Waals surface area contributed by atoms with E-state index in [0.717, 1.165) is 18.8 Å². The molecule has 2 saturated heterocycles. The van der Waals surface area contributed by atoms with Crippen molar-refractivity contribution in [1.29, 1.82) is 0 Å². The van der Waals surface area contributed by atoms with E-state index in [1.807, 2.05) is 6.07 Å². The van der Waals surface area contributed by atoms with E-state index >= 15 is 0 Å². The van der Waals surface area contributed by atoms with Crippen molar-refractivity contribution in [3.05, 3.63) is 23.8 Å². The minimum absolute atomic E-state index is 0.359. The second-order valence-electron chi connectivity index (χ2n) is 4.84. The standard InChI is InChI=1S/C12H16FN3/c1-8-4-11(5-14-12(8)13)16-6-9-2-3-10(7-16)15-9/h4-5,9-10,15H,2-3,6-7H2,1H3.